The van der Waals surface area contributed by atoms with E-state index in [9.17, 15) is 13.2 Å². The van der Waals surface area contributed by atoms with E-state index in [-0.39, 0.29) is 17.0 Å². The zero-order chi connectivity index (χ0) is 15.0. The maximum Gasteiger partial charge on any atom is 0.416 e. The first kappa shape index (κ1) is 13.6. The summed E-state index contributed by atoms with van der Waals surface area (Å²) in [6.45, 7) is 0.357. The fourth-order valence-electron chi connectivity index (χ4n) is 1.89. The molecule has 3 aromatic rings. The molecule has 0 atom stereocenters. The number of fused-ring (bicyclic) bond motifs is 1. The summed E-state index contributed by atoms with van der Waals surface area (Å²) in [6, 6.07) is 6.59. The van der Waals surface area contributed by atoms with Crippen molar-refractivity contribution in [3.8, 4) is 11.6 Å². The maximum atomic E-state index is 12.6. The maximum absolute atomic E-state index is 12.6. The second kappa shape index (κ2) is 4.85. The highest BCUT2D eigenvalue weighted by Crippen LogP contribution is 2.32. The molecule has 4 nitrogen and oxygen atoms in total. The number of halogens is 3. The van der Waals surface area contributed by atoms with Crippen LogP contribution in [0.1, 0.15) is 11.1 Å². The number of hydrogen-bond acceptors (Lipinski definition) is 4. The zero-order valence-corrected chi connectivity index (χ0v) is 10.7. The van der Waals surface area contributed by atoms with Crippen LogP contribution in [-0.4, -0.2) is 9.97 Å². The van der Waals surface area contributed by atoms with Gasteiger partial charge in [-0.2, -0.15) is 13.2 Å². The van der Waals surface area contributed by atoms with Crippen molar-refractivity contribution in [1.29, 1.82) is 0 Å². The number of hydrogen-bond donors (Lipinski definition) is 1. The molecule has 0 spiro atoms. The Hall–Kier alpha value is -2.41. The van der Waals surface area contributed by atoms with Gasteiger partial charge in [0.05, 0.1) is 5.56 Å². The standard InChI is InChI=1S/C14H10F3N3O/c15-14(16,17)9-2-4-12-11(5-9)20-13(21-12)10-3-1-8(6-18)7-19-10/h1-5,7H,6,18H2. The van der Waals surface area contributed by atoms with Crippen molar-refractivity contribution in [3.05, 3.63) is 47.7 Å². The molecule has 7 heteroatoms. The fourth-order valence-corrected chi connectivity index (χ4v) is 1.89. The Morgan fingerprint density at radius 1 is 1.14 bits per heavy atom. The van der Waals surface area contributed by atoms with Crippen molar-refractivity contribution >= 4 is 11.1 Å². The molecule has 0 unspecified atom stereocenters. The minimum Gasteiger partial charge on any atom is -0.435 e. The lowest BCUT2D eigenvalue weighted by molar-refractivity contribution is -0.137. The van der Waals surface area contributed by atoms with Gasteiger partial charge in [0.15, 0.2) is 5.58 Å². The van der Waals surface area contributed by atoms with Crippen LogP contribution < -0.4 is 5.73 Å². The summed E-state index contributed by atoms with van der Waals surface area (Å²) in [6.07, 6.45) is -2.83. The van der Waals surface area contributed by atoms with Crippen LogP contribution in [-0.2, 0) is 12.7 Å². The summed E-state index contributed by atoms with van der Waals surface area (Å²) in [4.78, 5) is 8.18. The zero-order valence-electron chi connectivity index (χ0n) is 10.7. The molecule has 0 aliphatic heterocycles. The van der Waals surface area contributed by atoms with E-state index in [2.05, 4.69) is 9.97 Å². The van der Waals surface area contributed by atoms with E-state index in [0.717, 1.165) is 17.7 Å². The van der Waals surface area contributed by atoms with Gasteiger partial charge in [-0.3, -0.25) is 4.98 Å². The number of aromatic nitrogens is 2. The van der Waals surface area contributed by atoms with E-state index in [1.165, 1.54) is 6.07 Å². The lowest BCUT2D eigenvalue weighted by Gasteiger charge is -2.04. The number of nitrogens with two attached hydrogens (primary N) is 1. The van der Waals surface area contributed by atoms with Gasteiger partial charge in [-0.05, 0) is 29.8 Å². The van der Waals surface area contributed by atoms with Gasteiger partial charge in [0.25, 0.3) is 0 Å². The minimum atomic E-state index is -4.41. The SMILES string of the molecule is NCc1ccc(-c2nc3cc(C(F)(F)F)ccc3o2)nc1. The van der Waals surface area contributed by atoms with Gasteiger partial charge in [-0.15, -0.1) is 0 Å². The molecule has 0 aliphatic rings. The Bertz CT molecular complexity index is 778. The van der Waals surface area contributed by atoms with E-state index >= 15 is 0 Å². The van der Waals surface area contributed by atoms with Gasteiger partial charge in [-0.1, -0.05) is 6.07 Å². The van der Waals surface area contributed by atoms with Crippen LogP contribution in [0.4, 0.5) is 13.2 Å². The minimum absolute atomic E-state index is 0.143. The fraction of sp³-hybridized carbons (Fsp3) is 0.143. The predicted octanol–water partition coefficient (Wildman–Crippen LogP) is 3.37. The molecule has 3 rings (SSSR count). The molecule has 0 saturated carbocycles. The van der Waals surface area contributed by atoms with Crippen molar-refractivity contribution in [1.82, 2.24) is 9.97 Å². The van der Waals surface area contributed by atoms with Crippen LogP contribution in [0.25, 0.3) is 22.7 Å². The van der Waals surface area contributed by atoms with E-state index in [0.29, 0.717) is 12.2 Å². The molecular formula is C14H10F3N3O. The average molecular weight is 293 g/mol. The van der Waals surface area contributed by atoms with Gasteiger partial charge >= 0.3 is 6.18 Å². The normalized spacial score (nSPS) is 12.0. The van der Waals surface area contributed by atoms with Gasteiger partial charge in [-0.25, -0.2) is 4.98 Å². The van der Waals surface area contributed by atoms with E-state index in [1.54, 1.807) is 18.3 Å². The lowest BCUT2D eigenvalue weighted by Crippen LogP contribution is -2.03. The number of alkyl halides is 3. The largest absolute Gasteiger partial charge is 0.435 e. The summed E-state index contributed by atoms with van der Waals surface area (Å²) >= 11 is 0. The number of nitrogens with zero attached hydrogens (tertiary/aromatic N) is 2. The van der Waals surface area contributed by atoms with Crippen molar-refractivity contribution in [3.63, 3.8) is 0 Å². The Morgan fingerprint density at radius 3 is 2.57 bits per heavy atom. The molecule has 2 N–H and O–H groups in total. The van der Waals surface area contributed by atoms with Crippen LogP contribution >= 0.6 is 0 Å². The topological polar surface area (TPSA) is 64.9 Å². The van der Waals surface area contributed by atoms with Crippen LogP contribution in [0, 0.1) is 0 Å². The third kappa shape index (κ3) is 2.59. The number of oxazole rings is 1. The summed E-state index contributed by atoms with van der Waals surface area (Å²) in [5.74, 6) is 0.174. The molecule has 0 radical (unpaired) electrons. The highest BCUT2D eigenvalue weighted by molar-refractivity contribution is 5.76. The van der Waals surface area contributed by atoms with Crippen molar-refractivity contribution in [2.45, 2.75) is 12.7 Å². The molecular weight excluding hydrogens is 283 g/mol. The van der Waals surface area contributed by atoms with Crippen molar-refractivity contribution in [2.24, 2.45) is 5.73 Å². The van der Waals surface area contributed by atoms with Crippen LogP contribution in [0.2, 0.25) is 0 Å². The summed E-state index contributed by atoms with van der Waals surface area (Å²) in [5.41, 5.74) is 6.42. The lowest BCUT2D eigenvalue weighted by atomic mass is 10.2. The highest BCUT2D eigenvalue weighted by atomic mass is 19.4. The smallest absolute Gasteiger partial charge is 0.416 e. The third-order valence-corrected chi connectivity index (χ3v) is 2.99. The first-order valence-corrected chi connectivity index (χ1v) is 6.10. The Labute approximate surface area is 117 Å². The molecule has 0 aliphatic carbocycles. The quantitative estimate of drug-likeness (QED) is 0.786. The summed E-state index contributed by atoms with van der Waals surface area (Å²) in [5, 5.41) is 0. The van der Waals surface area contributed by atoms with E-state index in [4.69, 9.17) is 10.2 Å². The van der Waals surface area contributed by atoms with Gasteiger partial charge in [0.1, 0.15) is 11.2 Å². The predicted molar refractivity (Wildman–Crippen MR) is 70.1 cm³/mol. The number of rotatable bonds is 2. The molecule has 2 heterocycles. The van der Waals surface area contributed by atoms with Gasteiger partial charge in [0, 0.05) is 12.7 Å². The molecule has 0 amide bonds. The summed E-state index contributed by atoms with van der Waals surface area (Å²) < 4.78 is 43.4. The van der Waals surface area contributed by atoms with Gasteiger partial charge < -0.3 is 10.2 Å². The average Bonchev–Trinajstić information content (AvgIpc) is 2.89. The van der Waals surface area contributed by atoms with Crippen molar-refractivity contribution < 1.29 is 17.6 Å². The molecule has 0 bridgehead atoms. The monoisotopic (exact) mass is 293 g/mol. The Balaban J connectivity index is 2.04. The molecule has 0 saturated heterocycles. The second-order valence-electron chi connectivity index (χ2n) is 4.46. The molecule has 2 aromatic heterocycles. The van der Waals surface area contributed by atoms with Crippen LogP contribution in [0.15, 0.2) is 40.9 Å². The Morgan fingerprint density at radius 2 is 1.95 bits per heavy atom. The molecule has 108 valence electrons. The number of benzene rings is 1. The molecule has 21 heavy (non-hydrogen) atoms. The first-order chi connectivity index (χ1) is 9.97. The Kier molecular flexibility index (Phi) is 3.13. The van der Waals surface area contributed by atoms with E-state index in [1.807, 2.05) is 0 Å². The van der Waals surface area contributed by atoms with Crippen LogP contribution in [0.3, 0.4) is 0 Å². The first-order valence-electron chi connectivity index (χ1n) is 6.10. The van der Waals surface area contributed by atoms with Crippen LogP contribution in [0.5, 0.6) is 0 Å². The van der Waals surface area contributed by atoms with E-state index < -0.39 is 11.7 Å². The molecule has 1 aromatic carbocycles. The number of pyridine rings is 1. The summed E-state index contributed by atoms with van der Waals surface area (Å²) in [7, 11) is 0. The highest BCUT2D eigenvalue weighted by Gasteiger charge is 2.31. The third-order valence-electron chi connectivity index (χ3n) is 2.99. The van der Waals surface area contributed by atoms with Crippen molar-refractivity contribution in [2.75, 3.05) is 0 Å². The second-order valence-corrected chi connectivity index (χ2v) is 4.46. The van der Waals surface area contributed by atoms with Gasteiger partial charge in [0.2, 0.25) is 5.89 Å². The molecule has 0 fully saturated rings.